The van der Waals surface area contributed by atoms with E-state index in [9.17, 15) is 4.39 Å². The smallest absolute Gasteiger partial charge is 0.227 e. The lowest BCUT2D eigenvalue weighted by Crippen LogP contribution is -2.21. The van der Waals surface area contributed by atoms with E-state index in [0.717, 1.165) is 37.2 Å². The summed E-state index contributed by atoms with van der Waals surface area (Å²) in [4.78, 5) is 11.6. The highest BCUT2D eigenvalue weighted by molar-refractivity contribution is 6.31. The summed E-state index contributed by atoms with van der Waals surface area (Å²) in [6.07, 6.45) is 2.30. The van der Waals surface area contributed by atoms with Crippen molar-refractivity contribution in [1.82, 2.24) is 9.97 Å². The second-order valence-electron chi connectivity index (χ2n) is 6.25. The van der Waals surface area contributed by atoms with Gasteiger partial charge in [-0.2, -0.15) is 4.98 Å². The minimum absolute atomic E-state index is 0.0760. The molecule has 0 saturated carbocycles. The summed E-state index contributed by atoms with van der Waals surface area (Å²) in [7, 11) is 0. The number of nitrogens with one attached hydrogen (secondary N) is 1. The van der Waals surface area contributed by atoms with E-state index in [0.29, 0.717) is 17.5 Å². The minimum Gasteiger partial charge on any atom is -0.341 e. The molecule has 0 atom stereocenters. The molecule has 0 spiro atoms. The second-order valence-corrected chi connectivity index (χ2v) is 6.66. The monoisotopic (exact) mass is 368 g/mol. The lowest BCUT2D eigenvalue weighted by Gasteiger charge is -2.18. The maximum atomic E-state index is 13.4. The number of hydrogen-bond donors (Lipinski definition) is 1. The number of aromatic nitrogens is 2. The largest absolute Gasteiger partial charge is 0.341 e. The quantitative estimate of drug-likeness (QED) is 0.680. The summed E-state index contributed by atoms with van der Waals surface area (Å²) >= 11 is 5.89. The number of hydrogen-bond acceptors (Lipinski definition) is 4. The zero-order chi connectivity index (χ0) is 17.9. The lowest BCUT2D eigenvalue weighted by molar-refractivity contribution is 0.628. The molecule has 6 heteroatoms. The van der Waals surface area contributed by atoms with Crippen LogP contribution in [0.2, 0.25) is 5.02 Å². The first-order valence-electron chi connectivity index (χ1n) is 8.60. The molecule has 26 heavy (non-hydrogen) atoms. The number of nitrogens with zero attached hydrogens (tertiary/aromatic N) is 3. The van der Waals surface area contributed by atoms with Crippen LogP contribution in [0.5, 0.6) is 0 Å². The maximum absolute atomic E-state index is 13.4. The van der Waals surface area contributed by atoms with Gasteiger partial charge in [-0.3, -0.25) is 0 Å². The normalized spacial score (nSPS) is 13.8. The van der Waals surface area contributed by atoms with Crippen LogP contribution in [0.15, 0.2) is 54.6 Å². The molecule has 4 nitrogen and oxygen atoms in total. The van der Waals surface area contributed by atoms with E-state index in [1.54, 1.807) is 12.1 Å². The van der Waals surface area contributed by atoms with E-state index in [-0.39, 0.29) is 5.02 Å². The molecule has 2 heterocycles. The van der Waals surface area contributed by atoms with Crippen molar-refractivity contribution in [2.75, 3.05) is 23.3 Å². The van der Waals surface area contributed by atoms with E-state index in [2.05, 4.69) is 15.2 Å². The third kappa shape index (κ3) is 3.63. The van der Waals surface area contributed by atoms with E-state index in [4.69, 9.17) is 16.6 Å². The topological polar surface area (TPSA) is 41.1 Å². The van der Waals surface area contributed by atoms with E-state index in [1.165, 1.54) is 6.07 Å². The highest BCUT2D eigenvalue weighted by atomic mass is 35.5. The minimum atomic E-state index is -0.442. The molecular weight excluding hydrogens is 351 g/mol. The van der Waals surface area contributed by atoms with Crippen LogP contribution < -0.4 is 10.2 Å². The molecule has 1 saturated heterocycles. The Bertz CT molecular complexity index is 911. The van der Waals surface area contributed by atoms with Gasteiger partial charge >= 0.3 is 0 Å². The summed E-state index contributed by atoms with van der Waals surface area (Å²) < 4.78 is 13.4. The van der Waals surface area contributed by atoms with Crippen molar-refractivity contribution in [3.05, 3.63) is 65.4 Å². The van der Waals surface area contributed by atoms with Gasteiger partial charge in [0.25, 0.3) is 0 Å². The van der Waals surface area contributed by atoms with Gasteiger partial charge in [0.1, 0.15) is 11.6 Å². The first-order valence-corrected chi connectivity index (χ1v) is 8.98. The zero-order valence-corrected chi connectivity index (χ0v) is 14.9. The molecule has 0 unspecified atom stereocenters. The van der Waals surface area contributed by atoms with Gasteiger partial charge in [0, 0.05) is 30.4 Å². The first kappa shape index (κ1) is 16.8. The molecule has 2 aromatic carbocycles. The molecule has 1 aliphatic heterocycles. The summed E-state index contributed by atoms with van der Waals surface area (Å²) in [6.45, 7) is 1.92. The Hall–Kier alpha value is -2.66. The van der Waals surface area contributed by atoms with Gasteiger partial charge in [-0.15, -0.1) is 0 Å². The molecular formula is C20H18ClFN4. The Balaban J connectivity index is 1.72. The molecule has 132 valence electrons. The van der Waals surface area contributed by atoms with Gasteiger partial charge in [0.15, 0.2) is 0 Å². The molecule has 1 aromatic heterocycles. The van der Waals surface area contributed by atoms with Crippen LogP contribution in [0.4, 0.5) is 21.8 Å². The fourth-order valence-electron chi connectivity index (χ4n) is 3.04. The maximum Gasteiger partial charge on any atom is 0.227 e. The van der Waals surface area contributed by atoms with E-state index < -0.39 is 5.82 Å². The van der Waals surface area contributed by atoms with Crippen molar-refractivity contribution in [2.24, 2.45) is 0 Å². The van der Waals surface area contributed by atoms with Crippen LogP contribution in [0.25, 0.3) is 11.3 Å². The van der Waals surface area contributed by atoms with Crippen molar-refractivity contribution < 1.29 is 4.39 Å². The predicted molar refractivity (Wildman–Crippen MR) is 104 cm³/mol. The molecule has 0 radical (unpaired) electrons. The highest BCUT2D eigenvalue weighted by Crippen LogP contribution is 2.27. The fraction of sp³-hybridized carbons (Fsp3) is 0.200. The molecule has 0 aliphatic carbocycles. The van der Waals surface area contributed by atoms with Crippen LogP contribution in [-0.2, 0) is 0 Å². The van der Waals surface area contributed by atoms with Crippen molar-refractivity contribution in [3.63, 3.8) is 0 Å². The Morgan fingerprint density at radius 1 is 0.962 bits per heavy atom. The SMILES string of the molecule is Fc1ccc(Nc2cc(-c3ccccc3)nc(N3CCCC3)n2)cc1Cl. The van der Waals surface area contributed by atoms with Crippen LogP contribution in [0.1, 0.15) is 12.8 Å². The number of halogens is 2. The molecule has 1 fully saturated rings. The third-order valence-corrected chi connectivity index (χ3v) is 4.65. The molecule has 1 aliphatic rings. The molecule has 3 aromatic rings. The third-order valence-electron chi connectivity index (χ3n) is 4.36. The van der Waals surface area contributed by atoms with Gasteiger partial charge in [0.05, 0.1) is 10.7 Å². The Morgan fingerprint density at radius 2 is 1.73 bits per heavy atom. The van der Waals surface area contributed by atoms with Crippen LogP contribution in [0, 0.1) is 5.82 Å². The van der Waals surface area contributed by atoms with Crippen LogP contribution in [-0.4, -0.2) is 23.1 Å². The second kappa shape index (κ2) is 7.30. The Morgan fingerprint density at radius 3 is 2.46 bits per heavy atom. The molecule has 0 bridgehead atoms. The van der Waals surface area contributed by atoms with Gasteiger partial charge in [-0.25, -0.2) is 9.37 Å². The van der Waals surface area contributed by atoms with Crippen molar-refractivity contribution in [1.29, 1.82) is 0 Å². The van der Waals surface area contributed by atoms with Gasteiger partial charge in [0.2, 0.25) is 5.95 Å². The summed E-state index contributed by atoms with van der Waals surface area (Å²) in [5, 5.41) is 3.29. The Kier molecular flexibility index (Phi) is 4.71. The van der Waals surface area contributed by atoms with Crippen LogP contribution >= 0.6 is 11.6 Å². The molecule has 0 amide bonds. The molecule has 1 N–H and O–H groups in total. The average molecular weight is 369 g/mol. The van der Waals surface area contributed by atoms with Crippen LogP contribution in [0.3, 0.4) is 0 Å². The van der Waals surface area contributed by atoms with Crippen molar-refractivity contribution in [3.8, 4) is 11.3 Å². The fourth-order valence-corrected chi connectivity index (χ4v) is 3.22. The lowest BCUT2D eigenvalue weighted by atomic mass is 10.1. The zero-order valence-electron chi connectivity index (χ0n) is 14.1. The summed E-state index contributed by atoms with van der Waals surface area (Å²) in [5.74, 6) is 0.922. The molecule has 4 rings (SSSR count). The Labute approximate surface area is 156 Å². The highest BCUT2D eigenvalue weighted by Gasteiger charge is 2.17. The van der Waals surface area contributed by atoms with Gasteiger partial charge in [-0.1, -0.05) is 41.9 Å². The van der Waals surface area contributed by atoms with Crippen molar-refractivity contribution >= 4 is 29.1 Å². The predicted octanol–water partition coefficient (Wildman–Crippen LogP) is 5.28. The van der Waals surface area contributed by atoms with Crippen molar-refractivity contribution in [2.45, 2.75) is 12.8 Å². The first-order chi connectivity index (χ1) is 12.7. The van der Waals surface area contributed by atoms with E-state index >= 15 is 0 Å². The summed E-state index contributed by atoms with van der Waals surface area (Å²) in [6, 6.07) is 16.4. The summed E-state index contributed by atoms with van der Waals surface area (Å²) in [5.41, 5.74) is 2.55. The van der Waals surface area contributed by atoms with E-state index in [1.807, 2.05) is 36.4 Å². The van der Waals surface area contributed by atoms with Gasteiger partial charge < -0.3 is 10.2 Å². The standard InChI is InChI=1S/C20H18ClFN4/c21-16-12-15(8-9-17(16)22)23-19-13-18(14-6-2-1-3-7-14)24-20(25-19)26-10-4-5-11-26/h1-3,6-9,12-13H,4-5,10-11H2,(H,23,24,25). The average Bonchev–Trinajstić information content (AvgIpc) is 3.20. The number of rotatable bonds is 4. The van der Waals surface area contributed by atoms with Gasteiger partial charge in [-0.05, 0) is 31.0 Å². The number of anilines is 3. The number of benzene rings is 2.